The molecule has 0 aliphatic carbocycles. The van der Waals surface area contributed by atoms with Crippen LogP contribution in [0.5, 0.6) is 0 Å². The van der Waals surface area contributed by atoms with Crippen LogP contribution in [-0.2, 0) is 14.4 Å². The van der Waals surface area contributed by atoms with Gasteiger partial charge in [0.2, 0.25) is 5.91 Å². The molecule has 2 amide bonds. The predicted molar refractivity (Wildman–Crippen MR) is 82.2 cm³/mol. The molecule has 1 aliphatic heterocycles. The molecule has 21 heavy (non-hydrogen) atoms. The van der Waals surface area contributed by atoms with Crippen LogP contribution in [-0.4, -0.2) is 52.5 Å². The minimum Gasteiger partial charge on any atom is -0.395 e. The van der Waals surface area contributed by atoms with Gasteiger partial charge in [-0.15, -0.1) is 11.3 Å². The van der Waals surface area contributed by atoms with Crippen molar-refractivity contribution in [3.05, 3.63) is 11.1 Å². The number of likely N-dealkylation sites (N-methyl/N-ethyl adjacent to an activating group) is 1. The molecule has 1 aliphatic rings. The molecular formula is C11H15N5O3S2. The highest BCUT2D eigenvalue weighted by Crippen LogP contribution is 2.21. The van der Waals surface area contributed by atoms with Crippen LogP contribution in [0.1, 0.15) is 12.6 Å². The number of carbonyl (C=O) groups excluding carboxylic acids is 2. The van der Waals surface area contributed by atoms with Crippen molar-refractivity contribution in [2.75, 3.05) is 19.4 Å². The van der Waals surface area contributed by atoms with E-state index in [2.05, 4.69) is 28.1 Å². The van der Waals surface area contributed by atoms with Gasteiger partial charge in [-0.3, -0.25) is 9.59 Å². The molecule has 0 bridgehead atoms. The molecule has 2 atom stereocenters. The Morgan fingerprint density at radius 2 is 2.43 bits per heavy atom. The molecule has 0 radical (unpaired) electrons. The first kappa shape index (κ1) is 15.6. The minimum absolute atomic E-state index is 0.0207. The van der Waals surface area contributed by atoms with E-state index >= 15 is 0 Å². The Morgan fingerprint density at radius 3 is 2.95 bits per heavy atom. The molecule has 114 valence electrons. The number of aromatic nitrogens is 1. The van der Waals surface area contributed by atoms with Crippen molar-refractivity contribution >= 4 is 46.6 Å². The van der Waals surface area contributed by atoms with Crippen LogP contribution in [0.25, 0.3) is 0 Å². The maximum absolute atomic E-state index is 12.3. The number of nitrogens with two attached hydrogens (primary N) is 1. The summed E-state index contributed by atoms with van der Waals surface area (Å²) in [4.78, 5) is 34.2. The molecule has 1 aromatic heterocycles. The van der Waals surface area contributed by atoms with Crippen molar-refractivity contribution in [2.45, 2.75) is 18.3 Å². The molecular weight excluding hydrogens is 314 g/mol. The van der Waals surface area contributed by atoms with E-state index in [4.69, 9.17) is 10.6 Å². The van der Waals surface area contributed by atoms with Gasteiger partial charge in [-0.1, -0.05) is 5.16 Å². The van der Waals surface area contributed by atoms with Crippen molar-refractivity contribution in [1.82, 2.24) is 15.2 Å². The van der Waals surface area contributed by atoms with Gasteiger partial charge >= 0.3 is 0 Å². The van der Waals surface area contributed by atoms with Crippen LogP contribution in [0.2, 0.25) is 0 Å². The zero-order chi connectivity index (χ0) is 15.6. The minimum atomic E-state index is -0.686. The fourth-order valence-corrected chi connectivity index (χ4v) is 2.56. The number of oxime groups is 1. The van der Waals surface area contributed by atoms with Crippen LogP contribution in [0.3, 0.4) is 0 Å². The highest BCUT2D eigenvalue weighted by molar-refractivity contribution is 7.81. The van der Waals surface area contributed by atoms with E-state index in [1.807, 2.05) is 0 Å². The maximum atomic E-state index is 12.3. The molecule has 0 spiro atoms. The first-order valence-electron chi connectivity index (χ1n) is 6.12. The molecule has 0 aromatic carbocycles. The van der Waals surface area contributed by atoms with E-state index in [1.54, 1.807) is 19.4 Å². The molecule has 2 unspecified atom stereocenters. The topological polar surface area (TPSA) is 110 Å². The standard InChI is InChI=1S/C11H15N5O3S2/c1-3-19-15-6(5-4-21-11(12)13-5)8(17)14-7-9(18)16(2)10(7)20/h4,7,10,20H,3H2,1-2H3,(H2,12,13)(H,14,17)/b15-6-. The van der Waals surface area contributed by atoms with E-state index < -0.39 is 11.9 Å². The number of nitrogens with zero attached hydrogens (tertiary/aromatic N) is 3. The number of likely N-dealkylation sites (tertiary alicyclic amines) is 1. The number of hydrogen-bond acceptors (Lipinski definition) is 8. The number of nitrogen functional groups attached to an aromatic ring is 1. The highest BCUT2D eigenvalue weighted by Gasteiger charge is 2.44. The fourth-order valence-electron chi connectivity index (χ4n) is 1.69. The number of carbonyl (C=O) groups is 2. The number of amides is 2. The summed E-state index contributed by atoms with van der Waals surface area (Å²) >= 11 is 5.41. The number of anilines is 1. The van der Waals surface area contributed by atoms with Gasteiger partial charge in [0.1, 0.15) is 23.7 Å². The van der Waals surface area contributed by atoms with Crippen molar-refractivity contribution in [2.24, 2.45) is 5.16 Å². The smallest absolute Gasteiger partial charge is 0.276 e. The number of β-lactam (4-membered cyclic amide) rings is 1. The lowest BCUT2D eigenvalue weighted by atomic mass is 10.1. The normalized spacial score (nSPS) is 22.0. The van der Waals surface area contributed by atoms with Crippen LogP contribution in [0.15, 0.2) is 10.5 Å². The second-order valence-corrected chi connectivity index (χ2v) is 5.66. The van der Waals surface area contributed by atoms with Gasteiger partial charge < -0.3 is 20.8 Å². The van der Waals surface area contributed by atoms with Crippen LogP contribution in [0, 0.1) is 0 Å². The predicted octanol–water partition coefficient (Wildman–Crippen LogP) is -0.321. The van der Waals surface area contributed by atoms with E-state index in [9.17, 15) is 9.59 Å². The molecule has 0 saturated carbocycles. The first-order chi connectivity index (χ1) is 9.95. The molecule has 1 aromatic rings. The monoisotopic (exact) mass is 329 g/mol. The number of nitrogens with one attached hydrogen (secondary N) is 1. The van der Waals surface area contributed by atoms with Gasteiger partial charge in [0.15, 0.2) is 10.8 Å². The second-order valence-electron chi connectivity index (χ2n) is 4.24. The Balaban J connectivity index is 2.14. The summed E-state index contributed by atoms with van der Waals surface area (Å²) in [7, 11) is 1.61. The van der Waals surface area contributed by atoms with Gasteiger partial charge in [-0.25, -0.2) is 4.98 Å². The third-order valence-corrected chi connectivity index (χ3v) is 4.18. The summed E-state index contributed by atoms with van der Waals surface area (Å²) in [5.74, 6) is -0.767. The maximum Gasteiger partial charge on any atom is 0.276 e. The lowest BCUT2D eigenvalue weighted by Crippen LogP contribution is -2.67. The Kier molecular flexibility index (Phi) is 4.68. The average Bonchev–Trinajstić information content (AvgIpc) is 2.90. The van der Waals surface area contributed by atoms with Gasteiger partial charge in [0.05, 0.1) is 0 Å². The Labute approximate surface area is 130 Å². The Hall–Kier alpha value is -1.81. The number of rotatable bonds is 5. The van der Waals surface area contributed by atoms with Gasteiger partial charge in [0, 0.05) is 12.4 Å². The van der Waals surface area contributed by atoms with E-state index in [0.717, 1.165) is 0 Å². The number of thiazole rings is 1. The third kappa shape index (κ3) is 3.10. The number of thiol groups is 1. The van der Waals surface area contributed by atoms with E-state index in [1.165, 1.54) is 16.2 Å². The van der Waals surface area contributed by atoms with Gasteiger partial charge in [-0.2, -0.15) is 12.6 Å². The van der Waals surface area contributed by atoms with Gasteiger partial charge in [-0.05, 0) is 6.92 Å². The fraction of sp³-hybridized carbons (Fsp3) is 0.455. The van der Waals surface area contributed by atoms with Crippen molar-refractivity contribution in [1.29, 1.82) is 0 Å². The quantitative estimate of drug-likeness (QED) is 0.297. The van der Waals surface area contributed by atoms with Crippen LogP contribution < -0.4 is 11.1 Å². The molecule has 1 fully saturated rings. The lowest BCUT2D eigenvalue weighted by Gasteiger charge is -2.41. The SMILES string of the molecule is CCO/N=C(\C(=O)NC1C(=O)N(C)C1S)c1csc(N)n1. The summed E-state index contributed by atoms with van der Waals surface area (Å²) < 4.78 is 0. The largest absolute Gasteiger partial charge is 0.395 e. The zero-order valence-electron chi connectivity index (χ0n) is 11.4. The lowest BCUT2D eigenvalue weighted by molar-refractivity contribution is -0.145. The van der Waals surface area contributed by atoms with E-state index in [0.29, 0.717) is 17.4 Å². The molecule has 10 heteroatoms. The summed E-state index contributed by atoms with van der Waals surface area (Å²) in [5.41, 5.74) is 5.84. The van der Waals surface area contributed by atoms with Crippen LogP contribution in [0.4, 0.5) is 5.13 Å². The van der Waals surface area contributed by atoms with Gasteiger partial charge in [0.25, 0.3) is 5.91 Å². The van der Waals surface area contributed by atoms with Crippen molar-refractivity contribution in [3.63, 3.8) is 0 Å². The van der Waals surface area contributed by atoms with Crippen molar-refractivity contribution < 1.29 is 14.4 Å². The highest BCUT2D eigenvalue weighted by atomic mass is 32.1. The first-order valence-corrected chi connectivity index (χ1v) is 7.52. The molecule has 3 N–H and O–H groups in total. The van der Waals surface area contributed by atoms with Crippen LogP contribution >= 0.6 is 24.0 Å². The second kappa shape index (κ2) is 6.31. The zero-order valence-corrected chi connectivity index (χ0v) is 13.1. The molecule has 8 nitrogen and oxygen atoms in total. The summed E-state index contributed by atoms with van der Waals surface area (Å²) in [6, 6.07) is -0.686. The molecule has 2 heterocycles. The summed E-state index contributed by atoms with van der Waals surface area (Å²) in [6.45, 7) is 2.04. The molecule has 2 rings (SSSR count). The average molecular weight is 329 g/mol. The summed E-state index contributed by atoms with van der Waals surface area (Å²) in [6.07, 6.45) is 0. The third-order valence-electron chi connectivity index (χ3n) is 2.86. The Bertz CT molecular complexity index is 588. The Morgan fingerprint density at radius 1 is 1.71 bits per heavy atom. The van der Waals surface area contributed by atoms with Crippen molar-refractivity contribution in [3.8, 4) is 0 Å². The summed E-state index contributed by atoms with van der Waals surface area (Å²) in [5, 5.41) is 7.86. The number of hydrogen-bond donors (Lipinski definition) is 3. The molecule has 1 saturated heterocycles. The van der Waals surface area contributed by atoms with E-state index in [-0.39, 0.29) is 17.0 Å².